The molecule has 0 amide bonds. The van der Waals surface area contributed by atoms with Gasteiger partial charge in [-0.3, -0.25) is 0 Å². The van der Waals surface area contributed by atoms with Gasteiger partial charge in [-0.05, 0) is 18.8 Å². The van der Waals surface area contributed by atoms with Crippen LogP contribution in [-0.2, 0) is 9.63 Å². The minimum Gasteiger partial charge on any atom is -0.476 e. The predicted octanol–water partition coefficient (Wildman–Crippen LogP) is 0.941. The van der Waals surface area contributed by atoms with Crippen LogP contribution in [0, 0.1) is 5.92 Å². The van der Waals surface area contributed by atoms with E-state index in [4.69, 9.17) is 15.7 Å². The minimum atomic E-state index is -1.17. The minimum absolute atomic E-state index is 0.200. The van der Waals surface area contributed by atoms with E-state index in [1.54, 1.807) is 5.38 Å². The lowest BCUT2D eigenvalue weighted by molar-refractivity contribution is -0.129. The molecule has 1 saturated carbocycles. The first kappa shape index (κ1) is 10.9. The summed E-state index contributed by atoms with van der Waals surface area (Å²) in [4.78, 5) is 19.7. The number of nitrogen functional groups attached to an aromatic ring is 1. The van der Waals surface area contributed by atoms with Gasteiger partial charge in [-0.15, -0.1) is 11.3 Å². The van der Waals surface area contributed by atoms with Crippen LogP contribution in [0.15, 0.2) is 10.5 Å². The topological polar surface area (TPSA) is 97.8 Å². The number of carboxylic acids is 1. The number of anilines is 1. The van der Waals surface area contributed by atoms with Crippen molar-refractivity contribution in [3.05, 3.63) is 11.1 Å². The highest BCUT2D eigenvalue weighted by molar-refractivity contribution is 7.13. The standard InChI is InChI=1S/C9H11N3O3S/c10-9-11-6(4-16-9)7(8(13)14)12-15-3-5-1-2-5/h4-5H,1-3H2,(H2,10,11)(H,13,14)/b12-7-. The number of nitrogens with two attached hydrogens (primary N) is 1. The van der Waals surface area contributed by atoms with Gasteiger partial charge in [-0.2, -0.15) is 0 Å². The SMILES string of the molecule is Nc1nc(/C(=N/OCC2CC2)C(=O)O)cs1. The van der Waals surface area contributed by atoms with E-state index >= 15 is 0 Å². The van der Waals surface area contributed by atoms with Gasteiger partial charge < -0.3 is 15.7 Å². The average molecular weight is 241 g/mol. The zero-order valence-electron chi connectivity index (χ0n) is 8.42. The van der Waals surface area contributed by atoms with E-state index in [1.807, 2.05) is 0 Å². The number of aromatic nitrogens is 1. The summed E-state index contributed by atoms with van der Waals surface area (Å²) in [7, 11) is 0. The summed E-state index contributed by atoms with van der Waals surface area (Å²) in [5, 5.41) is 14.4. The zero-order valence-corrected chi connectivity index (χ0v) is 9.24. The van der Waals surface area contributed by atoms with E-state index in [0.717, 1.165) is 12.8 Å². The van der Waals surface area contributed by atoms with Crippen molar-refractivity contribution in [2.45, 2.75) is 12.8 Å². The molecule has 2 rings (SSSR count). The Balaban J connectivity index is 2.06. The number of thiazole rings is 1. The van der Waals surface area contributed by atoms with Crippen molar-refractivity contribution >= 4 is 28.1 Å². The molecule has 16 heavy (non-hydrogen) atoms. The first-order valence-corrected chi connectivity index (χ1v) is 5.69. The molecule has 0 aliphatic heterocycles. The largest absolute Gasteiger partial charge is 0.476 e. The highest BCUT2D eigenvalue weighted by Gasteiger charge is 2.23. The normalized spacial score (nSPS) is 16.1. The van der Waals surface area contributed by atoms with Crippen LogP contribution in [0.3, 0.4) is 0 Å². The Morgan fingerprint density at radius 3 is 3.00 bits per heavy atom. The Hall–Kier alpha value is -1.63. The number of carboxylic acid groups (broad SMARTS) is 1. The van der Waals surface area contributed by atoms with E-state index < -0.39 is 5.97 Å². The quantitative estimate of drug-likeness (QED) is 0.590. The maximum Gasteiger partial charge on any atom is 0.360 e. The number of rotatable bonds is 5. The number of aliphatic carboxylic acids is 1. The van der Waals surface area contributed by atoms with Crippen molar-refractivity contribution in [1.82, 2.24) is 4.98 Å². The predicted molar refractivity (Wildman–Crippen MR) is 59.4 cm³/mol. The molecule has 0 spiro atoms. The van der Waals surface area contributed by atoms with Crippen molar-refractivity contribution < 1.29 is 14.7 Å². The van der Waals surface area contributed by atoms with Crippen molar-refractivity contribution in [3.63, 3.8) is 0 Å². The Morgan fingerprint density at radius 1 is 1.75 bits per heavy atom. The number of hydrogen-bond donors (Lipinski definition) is 2. The molecule has 1 heterocycles. The van der Waals surface area contributed by atoms with Gasteiger partial charge in [-0.25, -0.2) is 9.78 Å². The second-order valence-electron chi connectivity index (χ2n) is 3.56. The first-order chi connectivity index (χ1) is 7.66. The molecule has 0 atom stereocenters. The van der Waals surface area contributed by atoms with Crippen LogP contribution < -0.4 is 5.73 Å². The van der Waals surface area contributed by atoms with Crippen LogP contribution in [0.5, 0.6) is 0 Å². The molecule has 1 aromatic rings. The van der Waals surface area contributed by atoms with E-state index in [1.165, 1.54) is 11.3 Å². The summed E-state index contributed by atoms with van der Waals surface area (Å²) in [5.41, 5.74) is 5.46. The second-order valence-corrected chi connectivity index (χ2v) is 4.44. The van der Waals surface area contributed by atoms with Crippen LogP contribution in [-0.4, -0.2) is 28.4 Å². The Labute approximate surface area is 95.7 Å². The maximum absolute atomic E-state index is 10.9. The summed E-state index contributed by atoms with van der Waals surface area (Å²) in [5.74, 6) is -0.639. The summed E-state index contributed by atoms with van der Waals surface area (Å²) in [6, 6.07) is 0. The van der Waals surface area contributed by atoms with Gasteiger partial charge >= 0.3 is 5.97 Å². The maximum atomic E-state index is 10.9. The Kier molecular flexibility index (Phi) is 3.04. The third kappa shape index (κ3) is 2.69. The third-order valence-corrected chi connectivity index (χ3v) is 2.80. The highest BCUT2D eigenvalue weighted by atomic mass is 32.1. The molecule has 0 bridgehead atoms. The van der Waals surface area contributed by atoms with E-state index in [9.17, 15) is 4.79 Å². The fourth-order valence-corrected chi connectivity index (χ4v) is 1.63. The van der Waals surface area contributed by atoms with Crippen LogP contribution >= 0.6 is 11.3 Å². The molecule has 1 aliphatic carbocycles. The van der Waals surface area contributed by atoms with Crippen molar-refractivity contribution in [2.75, 3.05) is 12.3 Å². The van der Waals surface area contributed by atoms with Crippen LogP contribution in [0.4, 0.5) is 5.13 Å². The third-order valence-electron chi connectivity index (χ3n) is 2.13. The number of nitrogens with zero attached hydrogens (tertiary/aromatic N) is 2. The van der Waals surface area contributed by atoms with Gasteiger partial charge in [0, 0.05) is 5.38 Å². The van der Waals surface area contributed by atoms with E-state index in [0.29, 0.717) is 17.7 Å². The molecule has 1 fully saturated rings. The summed E-state index contributed by atoms with van der Waals surface area (Å²) in [6.07, 6.45) is 2.25. The van der Waals surface area contributed by atoms with Crippen LogP contribution in [0.25, 0.3) is 0 Å². The summed E-state index contributed by atoms with van der Waals surface area (Å²) >= 11 is 1.17. The number of hydrogen-bond acceptors (Lipinski definition) is 6. The molecule has 6 nitrogen and oxygen atoms in total. The molecular weight excluding hydrogens is 230 g/mol. The molecule has 0 unspecified atom stereocenters. The summed E-state index contributed by atoms with van der Waals surface area (Å²) < 4.78 is 0. The van der Waals surface area contributed by atoms with Gasteiger partial charge in [0.25, 0.3) is 0 Å². The second kappa shape index (κ2) is 4.48. The molecule has 0 aromatic carbocycles. The van der Waals surface area contributed by atoms with E-state index in [2.05, 4.69) is 10.1 Å². The molecule has 7 heteroatoms. The molecule has 1 aromatic heterocycles. The Morgan fingerprint density at radius 2 is 2.50 bits per heavy atom. The Bertz CT molecular complexity index is 425. The molecule has 3 N–H and O–H groups in total. The molecule has 1 aliphatic rings. The lowest BCUT2D eigenvalue weighted by Crippen LogP contribution is -2.16. The van der Waals surface area contributed by atoms with Gasteiger partial charge in [0.1, 0.15) is 12.3 Å². The number of carbonyl (C=O) groups is 1. The van der Waals surface area contributed by atoms with Gasteiger partial charge in [0.2, 0.25) is 5.71 Å². The molecule has 0 radical (unpaired) electrons. The lowest BCUT2D eigenvalue weighted by Gasteiger charge is -1.98. The van der Waals surface area contributed by atoms with Crippen LogP contribution in [0.1, 0.15) is 18.5 Å². The molecular formula is C9H11N3O3S. The van der Waals surface area contributed by atoms with Gasteiger partial charge in [-0.1, -0.05) is 5.16 Å². The first-order valence-electron chi connectivity index (χ1n) is 4.81. The fraction of sp³-hybridized carbons (Fsp3) is 0.444. The van der Waals surface area contributed by atoms with Crippen molar-refractivity contribution in [2.24, 2.45) is 11.1 Å². The monoisotopic (exact) mass is 241 g/mol. The number of oxime groups is 1. The molecule has 86 valence electrons. The molecule has 0 saturated heterocycles. The highest BCUT2D eigenvalue weighted by Crippen LogP contribution is 2.28. The van der Waals surface area contributed by atoms with Gasteiger partial charge in [0.15, 0.2) is 5.13 Å². The summed E-state index contributed by atoms with van der Waals surface area (Å²) in [6.45, 7) is 0.469. The fourth-order valence-electron chi connectivity index (χ4n) is 1.08. The van der Waals surface area contributed by atoms with E-state index in [-0.39, 0.29) is 11.4 Å². The zero-order chi connectivity index (χ0) is 11.5. The van der Waals surface area contributed by atoms with Crippen molar-refractivity contribution in [3.8, 4) is 0 Å². The van der Waals surface area contributed by atoms with Crippen molar-refractivity contribution in [1.29, 1.82) is 0 Å². The van der Waals surface area contributed by atoms with Gasteiger partial charge in [0.05, 0.1) is 0 Å². The van der Waals surface area contributed by atoms with Crippen LogP contribution in [0.2, 0.25) is 0 Å². The lowest BCUT2D eigenvalue weighted by atomic mass is 10.3. The average Bonchev–Trinajstić information content (AvgIpc) is 2.95. The smallest absolute Gasteiger partial charge is 0.360 e.